The van der Waals surface area contributed by atoms with Crippen LogP contribution in [0.5, 0.6) is 0 Å². The van der Waals surface area contributed by atoms with Crippen LogP contribution < -0.4 is 11.1 Å². The summed E-state index contributed by atoms with van der Waals surface area (Å²) >= 11 is 7.68. The van der Waals surface area contributed by atoms with Crippen LogP contribution in [0.3, 0.4) is 0 Å². The van der Waals surface area contributed by atoms with E-state index in [0.717, 1.165) is 21.9 Å². The summed E-state index contributed by atoms with van der Waals surface area (Å²) in [7, 11) is 0. The molecule has 6 heteroatoms. The number of benzene rings is 1. The quantitative estimate of drug-likeness (QED) is 0.577. The first kappa shape index (κ1) is 12.7. The number of aliphatic hydroxyl groups excluding tert-OH is 1. The Kier molecular flexibility index (Phi) is 3.93. The molecule has 0 fully saturated rings. The van der Waals surface area contributed by atoms with E-state index in [4.69, 9.17) is 22.4 Å². The first-order valence-corrected chi connectivity index (χ1v) is 6.63. The van der Waals surface area contributed by atoms with Crippen molar-refractivity contribution in [3.05, 3.63) is 22.7 Å². The van der Waals surface area contributed by atoms with Crippen LogP contribution in [0.15, 0.2) is 17.0 Å². The summed E-state index contributed by atoms with van der Waals surface area (Å²) in [6.07, 6.45) is 0.712. The van der Waals surface area contributed by atoms with E-state index in [-0.39, 0.29) is 12.5 Å². The zero-order chi connectivity index (χ0) is 12.4. The lowest BCUT2D eigenvalue weighted by atomic mass is 10.1. The predicted octanol–water partition coefficient (Wildman–Crippen LogP) is 1.77. The van der Waals surface area contributed by atoms with Gasteiger partial charge in [0.25, 0.3) is 0 Å². The fourth-order valence-electron chi connectivity index (χ4n) is 1.64. The van der Waals surface area contributed by atoms with Crippen LogP contribution >= 0.6 is 23.4 Å². The maximum absolute atomic E-state index is 11.4. The van der Waals surface area contributed by atoms with Gasteiger partial charge < -0.3 is 16.2 Å². The average Bonchev–Trinajstić information content (AvgIpc) is 2.56. The Morgan fingerprint density at radius 2 is 2.29 bits per heavy atom. The molecule has 4 nitrogen and oxygen atoms in total. The van der Waals surface area contributed by atoms with E-state index in [1.807, 2.05) is 6.07 Å². The summed E-state index contributed by atoms with van der Waals surface area (Å²) in [5.74, 6) is 0.586. The van der Waals surface area contributed by atoms with Crippen LogP contribution in [-0.2, 0) is 4.79 Å². The number of halogens is 1. The second kappa shape index (κ2) is 5.27. The summed E-state index contributed by atoms with van der Waals surface area (Å²) in [4.78, 5) is 12.3. The number of rotatable bonds is 4. The predicted molar refractivity (Wildman–Crippen MR) is 69.4 cm³/mol. The number of carbonyl (C=O) groups is 1. The summed E-state index contributed by atoms with van der Waals surface area (Å²) in [5.41, 5.74) is 7.20. The molecule has 92 valence electrons. The summed E-state index contributed by atoms with van der Waals surface area (Å²) in [5, 5.41) is 12.0. The van der Waals surface area contributed by atoms with Crippen molar-refractivity contribution in [1.29, 1.82) is 0 Å². The summed E-state index contributed by atoms with van der Waals surface area (Å²) < 4.78 is 0. The van der Waals surface area contributed by atoms with Crippen LogP contribution in [0.1, 0.15) is 18.0 Å². The van der Waals surface area contributed by atoms with E-state index in [9.17, 15) is 4.79 Å². The smallest absolute Gasteiger partial charge is 0.245 e. The van der Waals surface area contributed by atoms with Gasteiger partial charge in [-0.1, -0.05) is 11.6 Å². The molecule has 1 aliphatic heterocycles. The molecule has 1 unspecified atom stereocenters. The van der Waals surface area contributed by atoms with Crippen LogP contribution in [0.2, 0.25) is 5.02 Å². The highest BCUT2D eigenvalue weighted by molar-refractivity contribution is 7.99. The second-order valence-corrected chi connectivity index (χ2v) is 5.31. The third-order valence-electron chi connectivity index (χ3n) is 2.54. The van der Waals surface area contributed by atoms with Gasteiger partial charge in [-0.25, -0.2) is 0 Å². The molecule has 0 saturated carbocycles. The van der Waals surface area contributed by atoms with Crippen molar-refractivity contribution in [2.24, 2.45) is 5.73 Å². The number of hydrogen-bond donors (Lipinski definition) is 3. The number of nitrogens with two attached hydrogens (primary N) is 1. The molecule has 0 bridgehead atoms. The van der Waals surface area contributed by atoms with Crippen molar-refractivity contribution < 1.29 is 9.90 Å². The van der Waals surface area contributed by atoms with E-state index in [0.29, 0.717) is 11.4 Å². The lowest BCUT2D eigenvalue weighted by Crippen LogP contribution is -2.19. The number of fused-ring (bicyclic) bond motifs is 1. The summed E-state index contributed by atoms with van der Waals surface area (Å²) in [6, 6.07) is 2.95. The van der Waals surface area contributed by atoms with Crippen molar-refractivity contribution >= 4 is 35.0 Å². The van der Waals surface area contributed by atoms with Crippen molar-refractivity contribution in [1.82, 2.24) is 0 Å². The van der Waals surface area contributed by atoms with Crippen LogP contribution in [0.25, 0.3) is 0 Å². The molecule has 1 heterocycles. The lowest BCUT2D eigenvalue weighted by Gasteiger charge is -2.07. The monoisotopic (exact) mass is 272 g/mol. The van der Waals surface area contributed by atoms with Gasteiger partial charge in [-0.2, -0.15) is 0 Å². The van der Waals surface area contributed by atoms with Gasteiger partial charge in [-0.15, -0.1) is 11.8 Å². The van der Waals surface area contributed by atoms with Crippen LogP contribution in [-0.4, -0.2) is 23.4 Å². The molecule has 4 N–H and O–H groups in total. The van der Waals surface area contributed by atoms with E-state index >= 15 is 0 Å². The molecular weight excluding hydrogens is 260 g/mol. The van der Waals surface area contributed by atoms with E-state index in [1.54, 1.807) is 17.8 Å². The Morgan fingerprint density at radius 1 is 1.53 bits per heavy atom. The molecule has 0 aliphatic carbocycles. The number of amides is 1. The normalized spacial score (nSPS) is 18.1. The molecular formula is C11H13ClN2O2S. The largest absolute Gasteiger partial charge is 0.396 e. The Labute approximate surface area is 109 Å². The molecule has 0 saturated heterocycles. The van der Waals surface area contributed by atoms with Gasteiger partial charge in [-0.05, 0) is 18.6 Å². The second-order valence-electron chi connectivity index (χ2n) is 3.76. The van der Waals surface area contributed by atoms with Gasteiger partial charge in [0, 0.05) is 28.5 Å². The minimum atomic E-state index is -0.626. The van der Waals surface area contributed by atoms with Crippen molar-refractivity contribution in [3.8, 4) is 0 Å². The molecule has 17 heavy (non-hydrogen) atoms. The van der Waals surface area contributed by atoms with Gasteiger partial charge in [0.15, 0.2) is 0 Å². The zero-order valence-corrected chi connectivity index (χ0v) is 10.6. The molecule has 1 atom stereocenters. The van der Waals surface area contributed by atoms with Crippen LogP contribution in [0, 0.1) is 0 Å². The molecule has 1 aliphatic rings. The molecule has 2 rings (SSSR count). The van der Waals surface area contributed by atoms with E-state index in [2.05, 4.69) is 5.32 Å². The average molecular weight is 273 g/mol. The van der Waals surface area contributed by atoms with E-state index < -0.39 is 6.04 Å². The molecule has 1 aromatic carbocycles. The zero-order valence-electron chi connectivity index (χ0n) is 9.07. The Bertz CT molecular complexity index is 453. The van der Waals surface area contributed by atoms with Gasteiger partial charge in [0.05, 0.1) is 5.02 Å². The van der Waals surface area contributed by atoms with Crippen molar-refractivity contribution in [2.75, 3.05) is 17.7 Å². The number of hydrogen-bond acceptors (Lipinski definition) is 4. The molecule has 1 amide bonds. The standard InChI is InChI=1S/C11H13ClN2O2S/c12-7-4-6-8(14-11(16)10(6)13)5-9(7)17-3-1-2-15/h4-5,10,15H,1-3,13H2,(H,14,16). The number of aliphatic hydroxyl groups is 1. The third-order valence-corrected chi connectivity index (χ3v) is 4.11. The highest BCUT2D eigenvalue weighted by Crippen LogP contribution is 2.38. The minimum Gasteiger partial charge on any atom is -0.396 e. The molecule has 0 radical (unpaired) electrons. The fraction of sp³-hybridized carbons (Fsp3) is 0.364. The number of nitrogens with one attached hydrogen (secondary N) is 1. The number of thioether (sulfide) groups is 1. The van der Waals surface area contributed by atoms with Gasteiger partial charge >= 0.3 is 0 Å². The number of carbonyl (C=O) groups excluding carboxylic acids is 1. The highest BCUT2D eigenvalue weighted by atomic mass is 35.5. The third kappa shape index (κ3) is 2.57. The van der Waals surface area contributed by atoms with Gasteiger partial charge in [0.2, 0.25) is 5.91 Å². The molecule has 0 spiro atoms. The Hall–Kier alpha value is -0.750. The maximum Gasteiger partial charge on any atom is 0.245 e. The van der Waals surface area contributed by atoms with Gasteiger partial charge in [0.1, 0.15) is 6.04 Å². The van der Waals surface area contributed by atoms with Crippen LogP contribution in [0.4, 0.5) is 5.69 Å². The Balaban J connectivity index is 2.21. The SMILES string of the molecule is NC1C(=O)Nc2cc(SCCCO)c(Cl)cc21. The first-order valence-electron chi connectivity index (χ1n) is 5.27. The van der Waals surface area contributed by atoms with Crippen molar-refractivity contribution in [3.63, 3.8) is 0 Å². The summed E-state index contributed by atoms with van der Waals surface area (Å²) in [6.45, 7) is 0.164. The topological polar surface area (TPSA) is 75.4 Å². The highest BCUT2D eigenvalue weighted by Gasteiger charge is 2.28. The number of anilines is 1. The lowest BCUT2D eigenvalue weighted by molar-refractivity contribution is -0.116. The fourth-order valence-corrected chi connectivity index (χ4v) is 2.87. The molecule has 1 aromatic rings. The molecule has 0 aromatic heterocycles. The maximum atomic E-state index is 11.4. The Morgan fingerprint density at radius 3 is 3.00 bits per heavy atom. The van der Waals surface area contributed by atoms with Gasteiger partial charge in [-0.3, -0.25) is 4.79 Å². The first-order chi connectivity index (χ1) is 8.13. The van der Waals surface area contributed by atoms with E-state index in [1.165, 1.54) is 0 Å². The minimum absolute atomic E-state index is 0.164. The van der Waals surface area contributed by atoms with Crippen molar-refractivity contribution in [2.45, 2.75) is 17.4 Å².